The lowest BCUT2D eigenvalue weighted by Crippen LogP contribution is -2.28. The molecule has 0 radical (unpaired) electrons. The smallest absolute Gasteiger partial charge is 0.309 e. The summed E-state index contributed by atoms with van der Waals surface area (Å²) in [6.45, 7) is 3.41. The average molecular weight is 221 g/mol. The van der Waals surface area contributed by atoms with Gasteiger partial charge in [-0.05, 0) is 18.5 Å². The summed E-state index contributed by atoms with van der Waals surface area (Å²) < 4.78 is 4.65. The molecule has 1 aromatic rings. The number of rotatable bonds is 6. The first kappa shape index (κ1) is 12.7. The van der Waals surface area contributed by atoms with Crippen molar-refractivity contribution >= 4 is 5.97 Å². The molecule has 0 saturated carbocycles. The van der Waals surface area contributed by atoms with E-state index in [1.54, 1.807) is 0 Å². The minimum atomic E-state index is -0.160. The van der Waals surface area contributed by atoms with E-state index in [0.29, 0.717) is 6.54 Å². The first-order valence-electron chi connectivity index (χ1n) is 5.56. The summed E-state index contributed by atoms with van der Waals surface area (Å²) in [6.07, 6.45) is 0.981. The Morgan fingerprint density at radius 3 is 2.69 bits per heavy atom. The van der Waals surface area contributed by atoms with Gasteiger partial charge in [0, 0.05) is 6.54 Å². The molecule has 0 fully saturated rings. The highest BCUT2D eigenvalue weighted by molar-refractivity contribution is 5.71. The average Bonchev–Trinajstić information content (AvgIpc) is 2.34. The summed E-state index contributed by atoms with van der Waals surface area (Å²) in [4.78, 5) is 11.1. The Balaban J connectivity index is 2.15. The Labute approximate surface area is 96.8 Å². The van der Waals surface area contributed by atoms with E-state index in [9.17, 15) is 4.79 Å². The van der Waals surface area contributed by atoms with Gasteiger partial charge in [-0.1, -0.05) is 37.3 Å². The Hall–Kier alpha value is -1.35. The lowest BCUT2D eigenvalue weighted by Gasteiger charge is -2.10. The molecular weight excluding hydrogens is 202 g/mol. The van der Waals surface area contributed by atoms with Crippen molar-refractivity contribution in [1.29, 1.82) is 0 Å². The van der Waals surface area contributed by atoms with E-state index < -0.39 is 0 Å². The highest BCUT2D eigenvalue weighted by atomic mass is 16.5. The van der Waals surface area contributed by atoms with Crippen LogP contribution in [0.3, 0.4) is 0 Å². The van der Waals surface area contributed by atoms with Gasteiger partial charge in [0.1, 0.15) is 0 Å². The van der Waals surface area contributed by atoms with E-state index in [1.807, 2.05) is 25.1 Å². The van der Waals surface area contributed by atoms with Gasteiger partial charge in [0.25, 0.3) is 0 Å². The number of ether oxygens (including phenoxy) is 1. The molecule has 1 N–H and O–H groups in total. The molecule has 0 aliphatic carbocycles. The van der Waals surface area contributed by atoms with Crippen molar-refractivity contribution < 1.29 is 9.53 Å². The maximum atomic E-state index is 11.1. The van der Waals surface area contributed by atoms with Gasteiger partial charge < -0.3 is 10.1 Å². The molecule has 0 spiro atoms. The van der Waals surface area contributed by atoms with Crippen molar-refractivity contribution in [2.75, 3.05) is 20.2 Å². The third kappa shape index (κ3) is 4.45. The number of benzene rings is 1. The predicted molar refractivity (Wildman–Crippen MR) is 64.2 cm³/mol. The molecule has 88 valence electrons. The van der Waals surface area contributed by atoms with Crippen LogP contribution in [0.15, 0.2) is 30.3 Å². The molecule has 0 unspecified atom stereocenters. The summed E-state index contributed by atoms with van der Waals surface area (Å²) in [5, 5.41) is 3.25. The van der Waals surface area contributed by atoms with Crippen LogP contribution in [0, 0.1) is 5.92 Å². The molecule has 3 nitrogen and oxygen atoms in total. The lowest BCUT2D eigenvalue weighted by atomic mass is 10.1. The largest absolute Gasteiger partial charge is 0.469 e. The van der Waals surface area contributed by atoms with Crippen LogP contribution < -0.4 is 5.32 Å². The van der Waals surface area contributed by atoms with Gasteiger partial charge >= 0.3 is 5.97 Å². The van der Waals surface area contributed by atoms with Gasteiger partial charge in [-0.2, -0.15) is 0 Å². The lowest BCUT2D eigenvalue weighted by molar-refractivity contribution is -0.144. The molecule has 0 aliphatic heterocycles. The Morgan fingerprint density at radius 2 is 2.06 bits per heavy atom. The van der Waals surface area contributed by atoms with Crippen LogP contribution in [0.25, 0.3) is 0 Å². The van der Waals surface area contributed by atoms with Crippen LogP contribution in [0.4, 0.5) is 0 Å². The molecular formula is C13H19NO2. The maximum Gasteiger partial charge on any atom is 0.309 e. The fraction of sp³-hybridized carbons (Fsp3) is 0.462. The number of esters is 1. The third-order valence-electron chi connectivity index (χ3n) is 2.49. The second-order valence-corrected chi connectivity index (χ2v) is 3.86. The quantitative estimate of drug-likeness (QED) is 0.586. The molecule has 0 aromatic heterocycles. The van der Waals surface area contributed by atoms with E-state index >= 15 is 0 Å². The SMILES string of the molecule is COC(=O)[C@H](C)CNCCc1ccccc1. The molecule has 0 aliphatic rings. The Bertz CT molecular complexity index is 311. The topological polar surface area (TPSA) is 38.3 Å². The molecule has 3 heteroatoms. The summed E-state index contributed by atoms with van der Waals surface area (Å²) in [7, 11) is 1.42. The second-order valence-electron chi connectivity index (χ2n) is 3.86. The maximum absolute atomic E-state index is 11.1. The fourth-order valence-corrected chi connectivity index (χ4v) is 1.48. The summed E-state index contributed by atoms with van der Waals surface area (Å²) in [6, 6.07) is 10.3. The van der Waals surface area contributed by atoms with Crippen LogP contribution in [0.1, 0.15) is 12.5 Å². The number of nitrogens with one attached hydrogen (secondary N) is 1. The Morgan fingerprint density at radius 1 is 1.38 bits per heavy atom. The van der Waals surface area contributed by atoms with Gasteiger partial charge in [0.2, 0.25) is 0 Å². The molecule has 0 bridgehead atoms. The van der Waals surface area contributed by atoms with Crippen molar-refractivity contribution in [3.05, 3.63) is 35.9 Å². The monoisotopic (exact) mass is 221 g/mol. The Kier molecular flexibility index (Phi) is 5.57. The molecule has 16 heavy (non-hydrogen) atoms. The molecule has 0 saturated heterocycles. The van der Waals surface area contributed by atoms with Crippen molar-refractivity contribution in [3.8, 4) is 0 Å². The summed E-state index contributed by atoms with van der Waals surface area (Å²) in [5.41, 5.74) is 1.31. The van der Waals surface area contributed by atoms with Crippen molar-refractivity contribution in [2.24, 2.45) is 5.92 Å². The zero-order chi connectivity index (χ0) is 11.8. The van der Waals surface area contributed by atoms with Gasteiger partial charge in [-0.25, -0.2) is 0 Å². The number of carbonyl (C=O) groups excluding carboxylic acids is 1. The predicted octanol–water partition coefficient (Wildman–Crippen LogP) is 1.63. The number of carbonyl (C=O) groups is 1. The zero-order valence-corrected chi connectivity index (χ0v) is 9.90. The van der Waals surface area contributed by atoms with E-state index in [4.69, 9.17) is 0 Å². The minimum absolute atomic E-state index is 0.0826. The normalized spacial score (nSPS) is 12.1. The molecule has 1 aromatic carbocycles. The third-order valence-corrected chi connectivity index (χ3v) is 2.49. The van der Waals surface area contributed by atoms with Gasteiger partial charge in [0.15, 0.2) is 0 Å². The minimum Gasteiger partial charge on any atom is -0.469 e. The zero-order valence-electron chi connectivity index (χ0n) is 9.90. The van der Waals surface area contributed by atoms with Gasteiger partial charge in [-0.15, -0.1) is 0 Å². The molecule has 1 atom stereocenters. The van der Waals surface area contributed by atoms with Crippen molar-refractivity contribution in [3.63, 3.8) is 0 Å². The van der Waals surface area contributed by atoms with Crippen LogP contribution in [0.2, 0.25) is 0 Å². The van der Waals surface area contributed by atoms with Crippen molar-refractivity contribution in [2.45, 2.75) is 13.3 Å². The van der Waals surface area contributed by atoms with E-state index in [2.05, 4.69) is 22.2 Å². The van der Waals surface area contributed by atoms with Crippen LogP contribution >= 0.6 is 0 Å². The van der Waals surface area contributed by atoms with E-state index in [-0.39, 0.29) is 11.9 Å². The van der Waals surface area contributed by atoms with Crippen molar-refractivity contribution in [1.82, 2.24) is 5.32 Å². The second kappa shape index (κ2) is 7.01. The van der Waals surface area contributed by atoms with Crippen LogP contribution in [-0.4, -0.2) is 26.2 Å². The summed E-state index contributed by atoms with van der Waals surface area (Å²) in [5.74, 6) is -0.243. The highest BCUT2D eigenvalue weighted by Crippen LogP contribution is 1.99. The molecule has 0 heterocycles. The summed E-state index contributed by atoms with van der Waals surface area (Å²) >= 11 is 0. The van der Waals surface area contributed by atoms with Gasteiger partial charge in [-0.3, -0.25) is 4.79 Å². The standard InChI is InChI=1S/C13H19NO2/c1-11(13(15)16-2)10-14-9-8-12-6-4-3-5-7-12/h3-7,11,14H,8-10H2,1-2H3/t11-/m1/s1. The van der Waals surface area contributed by atoms with Crippen LogP contribution in [0.5, 0.6) is 0 Å². The molecule has 0 amide bonds. The van der Waals surface area contributed by atoms with Crippen LogP contribution in [-0.2, 0) is 16.0 Å². The first-order chi connectivity index (χ1) is 7.74. The number of methoxy groups -OCH3 is 1. The first-order valence-corrected chi connectivity index (χ1v) is 5.56. The number of hydrogen-bond acceptors (Lipinski definition) is 3. The van der Waals surface area contributed by atoms with E-state index in [1.165, 1.54) is 12.7 Å². The number of hydrogen-bond donors (Lipinski definition) is 1. The molecule has 1 rings (SSSR count). The fourth-order valence-electron chi connectivity index (χ4n) is 1.48. The highest BCUT2D eigenvalue weighted by Gasteiger charge is 2.11. The van der Waals surface area contributed by atoms with E-state index in [0.717, 1.165) is 13.0 Å². The van der Waals surface area contributed by atoms with Gasteiger partial charge in [0.05, 0.1) is 13.0 Å².